The molecule has 3 aromatic heterocycles. The van der Waals surface area contributed by atoms with Gasteiger partial charge in [0.05, 0.1) is 49.4 Å². The standard InChI is InChI=1S/C118H190N6O8S3/c1-7-13-19-25-31-37-43-49-55-61-67-73-89-127-105-95-101(96-106(128-90-74-68-62-56-50-44-38-32-26-20-14-8-2)111(105)131-93-77-71-65-59-53-47-41-35-29-23-17-11-5)117-123-121-115(134-117)99-79-83-103(84-80-99)119-113(125)109-87-88-110(133-109)114(126)120-104-85-81-100(82-86-104)116-122-124-118(135-116)102-97-107(129-91-75-69-63-57-51-45-39-33-27-21-15-9-3)112(132-94-78-72-66-60-54-48-42-36-30-24-18-12-6)108(98-102)130-92-76-70-64-58-52-46-40-34-28-22-16-10-4/h79-88,95-98H,7-78,89-94H2,1-6H3,(H,119,125)(H,120,126). The van der Waals surface area contributed by atoms with Crippen LogP contribution in [0.2, 0.25) is 0 Å². The van der Waals surface area contributed by atoms with E-state index in [2.05, 4.69) is 76.4 Å². The average Bonchev–Trinajstić information content (AvgIpc) is 1.77. The molecule has 0 saturated heterocycles. The fourth-order valence-electron chi connectivity index (χ4n) is 18.1. The van der Waals surface area contributed by atoms with Gasteiger partial charge in [-0.2, -0.15) is 0 Å². The first-order valence-corrected chi connectivity index (χ1v) is 58.9. The summed E-state index contributed by atoms with van der Waals surface area (Å²) in [5, 5.41) is 28.3. The Morgan fingerprint density at radius 3 is 0.570 bits per heavy atom. The van der Waals surface area contributed by atoms with Gasteiger partial charge in [0.25, 0.3) is 11.8 Å². The minimum absolute atomic E-state index is 0.299. The van der Waals surface area contributed by atoms with E-state index in [4.69, 9.17) is 48.8 Å². The lowest BCUT2D eigenvalue weighted by atomic mass is 10.1. The molecule has 3 heterocycles. The van der Waals surface area contributed by atoms with E-state index in [1.807, 2.05) is 48.5 Å². The number of carbonyl (C=O) groups excluding carboxylic acids is 2. The summed E-state index contributed by atoms with van der Waals surface area (Å²) in [4.78, 5) is 28.7. The third kappa shape index (κ3) is 53.0. The van der Waals surface area contributed by atoms with Gasteiger partial charge in [-0.05, 0) is 123 Å². The van der Waals surface area contributed by atoms with Crippen molar-refractivity contribution in [1.82, 2.24) is 20.4 Å². The van der Waals surface area contributed by atoms with Gasteiger partial charge in [-0.1, -0.05) is 488 Å². The van der Waals surface area contributed by atoms with Gasteiger partial charge in [0.1, 0.15) is 20.0 Å². The van der Waals surface area contributed by atoms with Crippen molar-refractivity contribution in [3.8, 4) is 76.8 Å². The molecular formula is C118H190N6O8S3. The molecule has 0 atom stereocenters. The lowest BCUT2D eigenvalue weighted by Crippen LogP contribution is -2.11. The van der Waals surface area contributed by atoms with Gasteiger partial charge in [-0.3, -0.25) is 9.59 Å². The Hall–Kier alpha value is -6.56. The highest BCUT2D eigenvalue weighted by molar-refractivity contribution is 7.18. The van der Waals surface area contributed by atoms with Crippen LogP contribution < -0.4 is 39.1 Å². The highest BCUT2D eigenvalue weighted by atomic mass is 32.1. The second-order valence-corrected chi connectivity index (χ2v) is 42.1. The van der Waals surface area contributed by atoms with E-state index < -0.39 is 0 Å². The zero-order chi connectivity index (χ0) is 95.2. The maximum atomic E-state index is 13.9. The maximum absolute atomic E-state index is 13.9. The number of hydrogen-bond donors (Lipinski definition) is 2. The van der Waals surface area contributed by atoms with Crippen LogP contribution in [0.5, 0.6) is 34.5 Å². The van der Waals surface area contributed by atoms with Crippen LogP contribution in [0, 0.1) is 0 Å². The zero-order valence-corrected chi connectivity index (χ0v) is 89.0. The summed E-state index contributed by atoms with van der Waals surface area (Å²) >= 11 is 4.20. The van der Waals surface area contributed by atoms with Crippen LogP contribution in [0.3, 0.4) is 0 Å². The van der Waals surface area contributed by atoms with Crippen molar-refractivity contribution in [3.63, 3.8) is 0 Å². The molecular weight excluding hydrogens is 1730 g/mol. The van der Waals surface area contributed by atoms with E-state index in [0.29, 0.717) is 95.3 Å². The molecule has 0 aliphatic rings. The largest absolute Gasteiger partial charge is 0.490 e. The normalized spacial score (nSPS) is 11.5. The summed E-state index contributed by atoms with van der Waals surface area (Å²) < 4.78 is 40.8. The van der Waals surface area contributed by atoms with Crippen molar-refractivity contribution < 1.29 is 38.0 Å². The van der Waals surface area contributed by atoms with Gasteiger partial charge in [0.15, 0.2) is 23.0 Å². The molecule has 7 aromatic rings. The van der Waals surface area contributed by atoms with E-state index in [1.165, 1.54) is 408 Å². The predicted molar refractivity (Wildman–Crippen MR) is 581 cm³/mol. The molecule has 135 heavy (non-hydrogen) atoms. The van der Waals surface area contributed by atoms with Crippen molar-refractivity contribution in [2.75, 3.05) is 50.3 Å². The van der Waals surface area contributed by atoms with E-state index in [-0.39, 0.29) is 11.8 Å². The molecule has 0 aliphatic heterocycles. The number of carbonyl (C=O) groups is 2. The Morgan fingerprint density at radius 1 is 0.207 bits per heavy atom. The Kier molecular flexibility index (Phi) is 67.7. The zero-order valence-electron chi connectivity index (χ0n) is 86.5. The smallest absolute Gasteiger partial charge is 0.265 e. The molecule has 0 unspecified atom stereocenters. The third-order valence-electron chi connectivity index (χ3n) is 26.7. The molecule has 4 aromatic carbocycles. The second-order valence-electron chi connectivity index (χ2n) is 39.1. The van der Waals surface area contributed by atoms with Gasteiger partial charge < -0.3 is 39.1 Å². The third-order valence-corrected chi connectivity index (χ3v) is 29.9. The van der Waals surface area contributed by atoms with Crippen LogP contribution >= 0.6 is 34.0 Å². The van der Waals surface area contributed by atoms with Crippen molar-refractivity contribution in [2.24, 2.45) is 0 Å². The number of rotatable bonds is 92. The monoisotopic (exact) mass is 1920 g/mol. The SMILES string of the molecule is CCCCCCCCCCCCCCOc1cc(-c2nnc(-c3ccc(NC(=O)c4ccc(C(=O)Nc5ccc(-c6nnc(-c7cc(OCCCCCCCCCCCCCC)c(OCCCCCCCCCCCCCC)c(OCCCCCCCCCCCCCC)c7)s6)cc5)s4)cc3)s2)cc(OCCCCCCCCCCCCCC)c1OCCCCCCCCCCCCCC. The number of ether oxygens (including phenoxy) is 6. The number of anilines is 2. The highest BCUT2D eigenvalue weighted by Gasteiger charge is 2.24. The summed E-state index contributed by atoms with van der Waals surface area (Å²) in [5.41, 5.74) is 4.79. The number of benzene rings is 4. The molecule has 2 N–H and O–H groups in total. The molecule has 2 amide bonds. The van der Waals surface area contributed by atoms with Crippen LogP contribution in [0.4, 0.5) is 11.4 Å². The van der Waals surface area contributed by atoms with Crippen LogP contribution in [-0.2, 0) is 0 Å². The predicted octanol–water partition coefficient (Wildman–Crippen LogP) is 39.1. The fourth-order valence-corrected chi connectivity index (χ4v) is 20.6. The Bertz CT molecular complexity index is 3650. The topological polar surface area (TPSA) is 165 Å². The molecule has 0 aliphatic carbocycles. The van der Waals surface area contributed by atoms with Gasteiger partial charge >= 0.3 is 0 Å². The van der Waals surface area contributed by atoms with Gasteiger partial charge in [0, 0.05) is 33.6 Å². The lowest BCUT2D eigenvalue weighted by molar-refractivity contribution is 0.102. The Labute approximate surface area is 835 Å². The molecule has 17 heteroatoms. The molecule has 14 nitrogen and oxygen atoms in total. The number of nitrogens with zero attached hydrogens (tertiary/aromatic N) is 4. The number of nitrogens with one attached hydrogen (secondary N) is 2. The number of hydrogen-bond acceptors (Lipinski definition) is 15. The highest BCUT2D eigenvalue weighted by Crippen LogP contribution is 2.46. The Morgan fingerprint density at radius 2 is 0.378 bits per heavy atom. The van der Waals surface area contributed by atoms with E-state index in [9.17, 15) is 9.59 Å². The minimum Gasteiger partial charge on any atom is -0.490 e. The fraction of sp³-hybridized carbons (Fsp3) is 0.712. The first-order valence-electron chi connectivity index (χ1n) is 56.5. The van der Waals surface area contributed by atoms with Gasteiger partial charge in [-0.25, -0.2) is 0 Å². The Balaban J connectivity index is 0.982. The van der Waals surface area contributed by atoms with Crippen LogP contribution in [0.25, 0.3) is 42.3 Å². The molecule has 7 rings (SSSR count). The summed E-state index contributed by atoms with van der Waals surface area (Å²) in [7, 11) is 0. The first-order chi connectivity index (χ1) is 66.7. The maximum Gasteiger partial charge on any atom is 0.265 e. The molecule has 0 radical (unpaired) electrons. The van der Waals surface area contributed by atoms with Crippen LogP contribution in [-0.4, -0.2) is 71.9 Å². The molecule has 0 bridgehead atoms. The lowest BCUT2D eigenvalue weighted by Gasteiger charge is -2.18. The molecule has 0 saturated carbocycles. The summed E-state index contributed by atoms with van der Waals surface area (Å²) in [6, 6.07) is 27.2. The summed E-state index contributed by atoms with van der Waals surface area (Å²) in [6.45, 7) is 17.4. The number of thiophene rings is 1. The van der Waals surface area contributed by atoms with Crippen LogP contribution in [0.15, 0.2) is 84.9 Å². The van der Waals surface area contributed by atoms with Gasteiger partial charge in [0.2, 0.25) is 11.5 Å². The molecule has 0 fully saturated rings. The summed E-state index contributed by atoms with van der Waals surface area (Å²) in [6.07, 6.45) is 92.8. The molecule has 0 spiro atoms. The summed E-state index contributed by atoms with van der Waals surface area (Å²) in [5.74, 6) is 3.65. The van der Waals surface area contributed by atoms with Gasteiger partial charge in [-0.15, -0.1) is 31.7 Å². The molecule has 758 valence electrons. The number of aromatic nitrogens is 4. The number of unbranched alkanes of at least 4 members (excludes halogenated alkanes) is 66. The van der Waals surface area contributed by atoms with E-state index in [0.717, 1.165) is 131 Å². The second kappa shape index (κ2) is 79.1. The van der Waals surface area contributed by atoms with Crippen LogP contribution in [0.1, 0.15) is 523 Å². The van der Waals surface area contributed by atoms with Crippen molar-refractivity contribution in [3.05, 3.63) is 94.7 Å². The minimum atomic E-state index is -0.299. The first kappa shape index (κ1) is 115. The van der Waals surface area contributed by atoms with Crippen molar-refractivity contribution >= 4 is 57.2 Å². The quantitative estimate of drug-likeness (QED) is 0.0347. The van der Waals surface area contributed by atoms with E-state index in [1.54, 1.807) is 12.1 Å². The van der Waals surface area contributed by atoms with Crippen molar-refractivity contribution in [1.29, 1.82) is 0 Å². The average molecular weight is 1920 g/mol. The van der Waals surface area contributed by atoms with Crippen molar-refractivity contribution in [2.45, 2.75) is 504 Å². The van der Waals surface area contributed by atoms with E-state index >= 15 is 0 Å². The number of amides is 2.